The standard InChI is InChI=1S/C13H10BrClO/c14-10-7-4-8-11(16)12(10)13(15)9-5-2-1-3-6-9/h1-8,13,16H. The molecule has 1 N–H and O–H groups in total. The van der Waals surface area contributed by atoms with Gasteiger partial charge in [-0.15, -0.1) is 11.6 Å². The maximum Gasteiger partial charge on any atom is 0.121 e. The lowest BCUT2D eigenvalue weighted by Gasteiger charge is -2.13. The Kier molecular flexibility index (Phi) is 3.52. The lowest BCUT2D eigenvalue weighted by atomic mass is 10.0. The van der Waals surface area contributed by atoms with Crippen molar-refractivity contribution in [2.75, 3.05) is 0 Å². The van der Waals surface area contributed by atoms with Gasteiger partial charge in [-0.05, 0) is 17.7 Å². The molecule has 0 radical (unpaired) electrons. The highest BCUT2D eigenvalue weighted by atomic mass is 79.9. The number of phenolic OH excluding ortho intramolecular Hbond substituents is 1. The zero-order valence-corrected chi connectivity index (χ0v) is 10.7. The second-order valence-electron chi connectivity index (χ2n) is 3.45. The number of halogens is 2. The minimum atomic E-state index is -0.350. The van der Waals surface area contributed by atoms with Crippen LogP contribution >= 0.6 is 27.5 Å². The van der Waals surface area contributed by atoms with Gasteiger partial charge >= 0.3 is 0 Å². The summed E-state index contributed by atoms with van der Waals surface area (Å²) in [5.41, 5.74) is 1.67. The molecule has 0 bridgehead atoms. The number of phenols is 1. The molecule has 0 saturated heterocycles. The largest absolute Gasteiger partial charge is 0.508 e. The number of rotatable bonds is 2. The molecule has 0 saturated carbocycles. The smallest absolute Gasteiger partial charge is 0.121 e. The number of benzene rings is 2. The van der Waals surface area contributed by atoms with Crippen molar-refractivity contribution in [3.63, 3.8) is 0 Å². The van der Waals surface area contributed by atoms with E-state index in [1.807, 2.05) is 36.4 Å². The quantitative estimate of drug-likeness (QED) is 0.810. The van der Waals surface area contributed by atoms with Crippen LogP contribution in [-0.2, 0) is 0 Å². The van der Waals surface area contributed by atoms with Crippen molar-refractivity contribution in [2.45, 2.75) is 5.38 Å². The average Bonchev–Trinajstić information content (AvgIpc) is 2.30. The summed E-state index contributed by atoms with van der Waals surface area (Å²) in [5.74, 6) is 0.207. The first-order valence-electron chi connectivity index (χ1n) is 4.86. The zero-order valence-electron chi connectivity index (χ0n) is 8.40. The van der Waals surface area contributed by atoms with Crippen LogP contribution in [0, 0.1) is 0 Å². The van der Waals surface area contributed by atoms with Crippen LogP contribution < -0.4 is 0 Å². The van der Waals surface area contributed by atoms with Crippen LogP contribution in [0.3, 0.4) is 0 Å². The second-order valence-corrected chi connectivity index (χ2v) is 4.74. The maximum absolute atomic E-state index is 9.81. The molecule has 2 aromatic rings. The first-order chi connectivity index (χ1) is 7.70. The monoisotopic (exact) mass is 296 g/mol. The third-order valence-corrected chi connectivity index (χ3v) is 3.54. The number of hydrogen-bond donors (Lipinski definition) is 1. The molecule has 16 heavy (non-hydrogen) atoms. The summed E-state index contributed by atoms with van der Waals surface area (Å²) in [4.78, 5) is 0. The molecule has 0 amide bonds. The van der Waals surface area contributed by atoms with Crippen LogP contribution in [-0.4, -0.2) is 5.11 Å². The minimum Gasteiger partial charge on any atom is -0.508 e. The van der Waals surface area contributed by atoms with Crippen LogP contribution in [0.1, 0.15) is 16.5 Å². The topological polar surface area (TPSA) is 20.2 Å². The summed E-state index contributed by atoms with van der Waals surface area (Å²) in [6, 6.07) is 15.0. The summed E-state index contributed by atoms with van der Waals surface area (Å²) >= 11 is 9.75. The van der Waals surface area contributed by atoms with Crippen LogP contribution in [0.2, 0.25) is 0 Å². The molecule has 0 heterocycles. The summed E-state index contributed by atoms with van der Waals surface area (Å²) in [6.07, 6.45) is 0. The first-order valence-corrected chi connectivity index (χ1v) is 6.09. The highest BCUT2D eigenvalue weighted by Crippen LogP contribution is 2.38. The van der Waals surface area contributed by atoms with Gasteiger partial charge in [-0.1, -0.05) is 52.3 Å². The Balaban J connectivity index is 2.46. The first kappa shape index (κ1) is 11.5. The van der Waals surface area contributed by atoms with Gasteiger partial charge in [-0.3, -0.25) is 0 Å². The highest BCUT2D eigenvalue weighted by Gasteiger charge is 2.17. The molecule has 82 valence electrons. The Morgan fingerprint density at radius 1 is 1.00 bits per heavy atom. The van der Waals surface area contributed by atoms with Gasteiger partial charge in [0.2, 0.25) is 0 Å². The molecular formula is C13H10BrClO. The zero-order chi connectivity index (χ0) is 11.5. The van der Waals surface area contributed by atoms with Gasteiger partial charge in [0.25, 0.3) is 0 Å². The Morgan fingerprint density at radius 2 is 1.69 bits per heavy atom. The normalized spacial score (nSPS) is 12.4. The van der Waals surface area contributed by atoms with E-state index in [4.69, 9.17) is 11.6 Å². The Bertz CT molecular complexity index is 464. The molecule has 0 spiro atoms. The molecular weight excluding hydrogens is 287 g/mol. The van der Waals surface area contributed by atoms with Gasteiger partial charge in [0.1, 0.15) is 5.75 Å². The van der Waals surface area contributed by atoms with E-state index in [0.29, 0.717) is 5.56 Å². The van der Waals surface area contributed by atoms with Crippen LogP contribution in [0.25, 0.3) is 0 Å². The summed E-state index contributed by atoms with van der Waals surface area (Å²) in [7, 11) is 0. The van der Waals surface area contributed by atoms with Crippen LogP contribution in [0.15, 0.2) is 53.0 Å². The molecule has 1 atom stereocenters. The van der Waals surface area contributed by atoms with Gasteiger partial charge in [0, 0.05) is 10.0 Å². The van der Waals surface area contributed by atoms with E-state index in [1.54, 1.807) is 12.1 Å². The predicted molar refractivity (Wildman–Crippen MR) is 69.9 cm³/mol. The fraction of sp³-hybridized carbons (Fsp3) is 0.0769. The summed E-state index contributed by atoms with van der Waals surface area (Å²) < 4.78 is 0.816. The Hall–Kier alpha value is -0.990. The highest BCUT2D eigenvalue weighted by molar-refractivity contribution is 9.10. The van der Waals surface area contributed by atoms with E-state index in [1.165, 1.54) is 0 Å². The predicted octanol–water partition coefficient (Wildman–Crippen LogP) is 4.48. The van der Waals surface area contributed by atoms with Gasteiger partial charge in [0.15, 0.2) is 0 Å². The third kappa shape index (κ3) is 2.23. The molecule has 2 aromatic carbocycles. The number of alkyl halides is 1. The fourth-order valence-corrected chi connectivity index (χ4v) is 2.66. The van der Waals surface area contributed by atoms with Gasteiger partial charge in [-0.2, -0.15) is 0 Å². The van der Waals surface area contributed by atoms with Crippen molar-refractivity contribution in [2.24, 2.45) is 0 Å². The van der Waals surface area contributed by atoms with Crippen LogP contribution in [0.4, 0.5) is 0 Å². The van der Waals surface area contributed by atoms with E-state index in [2.05, 4.69) is 15.9 Å². The van der Waals surface area contributed by atoms with Crippen molar-refractivity contribution < 1.29 is 5.11 Å². The van der Waals surface area contributed by atoms with E-state index in [-0.39, 0.29) is 11.1 Å². The fourth-order valence-electron chi connectivity index (χ4n) is 1.57. The van der Waals surface area contributed by atoms with Crippen LogP contribution in [0.5, 0.6) is 5.75 Å². The third-order valence-electron chi connectivity index (χ3n) is 2.38. The minimum absolute atomic E-state index is 0.207. The lowest BCUT2D eigenvalue weighted by molar-refractivity contribution is 0.468. The molecule has 3 heteroatoms. The number of hydrogen-bond acceptors (Lipinski definition) is 1. The van der Waals surface area contributed by atoms with Crippen molar-refractivity contribution in [3.05, 3.63) is 64.1 Å². The average molecular weight is 298 g/mol. The molecule has 0 aromatic heterocycles. The molecule has 1 unspecified atom stereocenters. The maximum atomic E-state index is 9.81. The van der Waals surface area contributed by atoms with Gasteiger partial charge in [0.05, 0.1) is 5.38 Å². The summed E-state index contributed by atoms with van der Waals surface area (Å²) in [5, 5.41) is 9.46. The lowest BCUT2D eigenvalue weighted by Crippen LogP contribution is -1.94. The van der Waals surface area contributed by atoms with E-state index >= 15 is 0 Å². The van der Waals surface area contributed by atoms with Crippen molar-refractivity contribution in [1.82, 2.24) is 0 Å². The molecule has 1 nitrogen and oxygen atoms in total. The molecule has 0 aliphatic carbocycles. The molecule has 2 rings (SSSR count). The van der Waals surface area contributed by atoms with Crippen molar-refractivity contribution in [1.29, 1.82) is 0 Å². The SMILES string of the molecule is Oc1cccc(Br)c1C(Cl)c1ccccc1. The van der Waals surface area contributed by atoms with E-state index in [9.17, 15) is 5.11 Å². The molecule has 0 fully saturated rings. The molecule has 0 aliphatic heterocycles. The van der Waals surface area contributed by atoms with E-state index in [0.717, 1.165) is 10.0 Å². The second kappa shape index (κ2) is 4.89. The van der Waals surface area contributed by atoms with Gasteiger partial charge in [-0.25, -0.2) is 0 Å². The van der Waals surface area contributed by atoms with Crippen molar-refractivity contribution >= 4 is 27.5 Å². The Labute approximate surface area is 108 Å². The van der Waals surface area contributed by atoms with E-state index < -0.39 is 0 Å². The van der Waals surface area contributed by atoms with Crippen molar-refractivity contribution in [3.8, 4) is 5.75 Å². The Morgan fingerprint density at radius 3 is 2.31 bits per heavy atom. The van der Waals surface area contributed by atoms with Gasteiger partial charge < -0.3 is 5.11 Å². The molecule has 0 aliphatic rings. The summed E-state index contributed by atoms with van der Waals surface area (Å²) in [6.45, 7) is 0. The number of aromatic hydroxyl groups is 1.